The molecule has 3 rings (SSSR count). The number of sulfonamides is 1. The van der Waals surface area contributed by atoms with E-state index in [1.54, 1.807) is 24.3 Å². The molecule has 0 radical (unpaired) electrons. The van der Waals surface area contributed by atoms with Crippen molar-refractivity contribution < 1.29 is 18.0 Å². The van der Waals surface area contributed by atoms with Gasteiger partial charge < -0.3 is 10.2 Å². The molecular formula is C26H27Br2N3O4S. The van der Waals surface area contributed by atoms with Crippen molar-refractivity contribution in [2.24, 2.45) is 0 Å². The lowest BCUT2D eigenvalue weighted by Gasteiger charge is -2.33. The summed E-state index contributed by atoms with van der Waals surface area (Å²) in [5.41, 5.74) is 2.04. The van der Waals surface area contributed by atoms with Crippen molar-refractivity contribution in [3.05, 3.63) is 98.9 Å². The van der Waals surface area contributed by atoms with E-state index >= 15 is 0 Å². The summed E-state index contributed by atoms with van der Waals surface area (Å²) >= 11 is 6.77. The van der Waals surface area contributed by atoms with Crippen LogP contribution in [0.4, 0.5) is 5.69 Å². The molecule has 10 heteroatoms. The van der Waals surface area contributed by atoms with Crippen LogP contribution in [0.25, 0.3) is 0 Å². The minimum Gasteiger partial charge on any atom is -0.357 e. The second kappa shape index (κ2) is 12.5. The average Bonchev–Trinajstić information content (AvgIpc) is 2.85. The minimum absolute atomic E-state index is 0.132. The fourth-order valence-corrected chi connectivity index (χ4v) is 5.24. The van der Waals surface area contributed by atoms with Gasteiger partial charge in [-0.2, -0.15) is 0 Å². The maximum atomic E-state index is 13.8. The molecule has 190 valence electrons. The van der Waals surface area contributed by atoms with Gasteiger partial charge in [0, 0.05) is 29.0 Å². The van der Waals surface area contributed by atoms with Gasteiger partial charge in [-0.05, 0) is 41.5 Å². The Balaban J connectivity index is 2.01. The molecule has 0 aliphatic carbocycles. The Hall–Kier alpha value is -2.69. The first-order valence-corrected chi connectivity index (χ1v) is 14.5. The SMILES string of the molecule is CNC(=O)C(Cc1ccccc1)N(Cc1ccc(Br)cc1)C(=O)CN(c1cccc(Br)c1)S(C)(=O)=O. The molecule has 3 aromatic carbocycles. The van der Waals surface area contributed by atoms with Crippen molar-refractivity contribution in [3.63, 3.8) is 0 Å². The topological polar surface area (TPSA) is 86.8 Å². The zero-order valence-electron chi connectivity index (χ0n) is 19.9. The lowest BCUT2D eigenvalue weighted by Crippen LogP contribution is -2.52. The Bertz CT molecular complexity index is 1300. The van der Waals surface area contributed by atoms with Gasteiger partial charge in [0.2, 0.25) is 21.8 Å². The van der Waals surface area contributed by atoms with Crippen LogP contribution in [-0.4, -0.2) is 51.0 Å². The molecular weight excluding hydrogens is 610 g/mol. The largest absolute Gasteiger partial charge is 0.357 e. The molecule has 0 saturated carbocycles. The summed E-state index contributed by atoms with van der Waals surface area (Å²) in [5, 5.41) is 2.66. The van der Waals surface area contributed by atoms with Crippen LogP contribution < -0.4 is 9.62 Å². The maximum absolute atomic E-state index is 13.8. The number of nitrogens with zero attached hydrogens (tertiary/aromatic N) is 2. The number of carbonyl (C=O) groups is 2. The van der Waals surface area contributed by atoms with Gasteiger partial charge in [0.05, 0.1) is 11.9 Å². The molecule has 2 amide bonds. The summed E-state index contributed by atoms with van der Waals surface area (Å²) in [6, 6.07) is 22.7. The molecule has 0 aliphatic rings. The first-order valence-electron chi connectivity index (χ1n) is 11.1. The first kappa shape index (κ1) is 27.9. The van der Waals surface area contributed by atoms with E-state index < -0.39 is 28.5 Å². The summed E-state index contributed by atoms with van der Waals surface area (Å²) in [4.78, 5) is 28.3. The van der Waals surface area contributed by atoms with E-state index in [-0.39, 0.29) is 18.9 Å². The molecule has 0 heterocycles. The lowest BCUT2D eigenvalue weighted by molar-refractivity contribution is -0.139. The molecule has 0 saturated heterocycles. The Morgan fingerprint density at radius 1 is 0.889 bits per heavy atom. The maximum Gasteiger partial charge on any atom is 0.244 e. The zero-order chi connectivity index (χ0) is 26.3. The van der Waals surface area contributed by atoms with Crippen LogP contribution >= 0.6 is 31.9 Å². The van der Waals surface area contributed by atoms with Crippen LogP contribution in [-0.2, 0) is 32.6 Å². The number of hydrogen-bond acceptors (Lipinski definition) is 4. The van der Waals surface area contributed by atoms with Gasteiger partial charge in [0.25, 0.3) is 0 Å². The Labute approximate surface area is 228 Å². The molecule has 1 unspecified atom stereocenters. The smallest absolute Gasteiger partial charge is 0.244 e. The third-order valence-electron chi connectivity index (χ3n) is 5.56. The van der Waals surface area contributed by atoms with Crippen LogP contribution in [0.5, 0.6) is 0 Å². The predicted molar refractivity (Wildman–Crippen MR) is 149 cm³/mol. The van der Waals surface area contributed by atoms with Gasteiger partial charge in [-0.1, -0.05) is 80.4 Å². The first-order chi connectivity index (χ1) is 17.1. The quantitative estimate of drug-likeness (QED) is 0.358. The van der Waals surface area contributed by atoms with E-state index in [4.69, 9.17) is 0 Å². The molecule has 0 aliphatic heterocycles. The molecule has 1 N–H and O–H groups in total. The molecule has 0 spiro atoms. The summed E-state index contributed by atoms with van der Waals surface area (Å²) in [5.74, 6) is -0.828. The number of anilines is 1. The molecule has 3 aromatic rings. The van der Waals surface area contributed by atoms with Gasteiger partial charge in [-0.25, -0.2) is 8.42 Å². The van der Waals surface area contributed by atoms with Gasteiger partial charge in [-0.15, -0.1) is 0 Å². The van der Waals surface area contributed by atoms with E-state index in [0.717, 1.165) is 26.2 Å². The van der Waals surface area contributed by atoms with Crippen molar-refractivity contribution >= 4 is 59.4 Å². The predicted octanol–water partition coefficient (Wildman–Crippen LogP) is 4.36. The van der Waals surface area contributed by atoms with Crippen LogP contribution in [0.15, 0.2) is 87.8 Å². The third kappa shape index (κ3) is 7.65. The second-order valence-corrected chi connectivity index (χ2v) is 12.0. The summed E-state index contributed by atoms with van der Waals surface area (Å²) in [6.07, 6.45) is 1.33. The average molecular weight is 637 g/mol. The summed E-state index contributed by atoms with van der Waals surface area (Å²) in [6.45, 7) is -0.318. The number of hydrogen-bond donors (Lipinski definition) is 1. The Kier molecular flexibility index (Phi) is 9.69. The van der Waals surface area contributed by atoms with E-state index in [2.05, 4.69) is 37.2 Å². The lowest BCUT2D eigenvalue weighted by atomic mass is 10.0. The monoisotopic (exact) mass is 635 g/mol. The van der Waals surface area contributed by atoms with E-state index in [9.17, 15) is 18.0 Å². The highest BCUT2D eigenvalue weighted by Gasteiger charge is 2.32. The Morgan fingerprint density at radius 3 is 2.14 bits per heavy atom. The van der Waals surface area contributed by atoms with E-state index in [1.165, 1.54) is 11.9 Å². The van der Waals surface area contributed by atoms with Crippen molar-refractivity contribution in [3.8, 4) is 0 Å². The highest BCUT2D eigenvalue weighted by molar-refractivity contribution is 9.10. The molecule has 1 atom stereocenters. The molecule has 7 nitrogen and oxygen atoms in total. The van der Waals surface area contributed by atoms with Crippen LogP contribution in [0.2, 0.25) is 0 Å². The van der Waals surface area contributed by atoms with E-state index in [1.807, 2.05) is 54.6 Å². The van der Waals surface area contributed by atoms with Gasteiger partial charge in [0.15, 0.2) is 0 Å². The molecule has 0 aromatic heterocycles. The van der Waals surface area contributed by atoms with Gasteiger partial charge in [0.1, 0.15) is 12.6 Å². The normalized spacial score (nSPS) is 12.0. The Morgan fingerprint density at radius 2 is 1.56 bits per heavy atom. The van der Waals surface area contributed by atoms with E-state index in [0.29, 0.717) is 10.2 Å². The summed E-state index contributed by atoms with van der Waals surface area (Å²) < 4.78 is 28.0. The number of halogens is 2. The number of nitrogens with one attached hydrogen (secondary N) is 1. The number of carbonyl (C=O) groups excluding carboxylic acids is 2. The number of likely N-dealkylation sites (N-methyl/N-ethyl adjacent to an activating group) is 1. The number of amides is 2. The highest BCUT2D eigenvalue weighted by atomic mass is 79.9. The van der Waals surface area contributed by atoms with Crippen LogP contribution in [0.3, 0.4) is 0 Å². The minimum atomic E-state index is -3.79. The van der Waals surface area contributed by atoms with Gasteiger partial charge >= 0.3 is 0 Å². The molecule has 0 fully saturated rings. The summed E-state index contributed by atoms with van der Waals surface area (Å²) in [7, 11) is -2.27. The zero-order valence-corrected chi connectivity index (χ0v) is 23.9. The number of benzene rings is 3. The van der Waals surface area contributed by atoms with Crippen LogP contribution in [0, 0.1) is 0 Å². The van der Waals surface area contributed by atoms with Crippen molar-refractivity contribution in [2.45, 2.75) is 19.0 Å². The molecule has 36 heavy (non-hydrogen) atoms. The third-order valence-corrected chi connectivity index (χ3v) is 7.72. The highest BCUT2D eigenvalue weighted by Crippen LogP contribution is 2.23. The second-order valence-electron chi connectivity index (χ2n) is 8.22. The molecule has 0 bridgehead atoms. The standard InChI is InChI=1S/C26H27Br2N3O4S/c1-29-26(33)24(15-19-7-4-3-5-8-19)30(17-20-11-13-21(27)14-12-20)25(32)18-31(36(2,34)35)23-10-6-9-22(28)16-23/h3-14,16,24H,15,17-18H2,1-2H3,(H,29,33). The number of rotatable bonds is 10. The van der Waals surface area contributed by atoms with Crippen molar-refractivity contribution in [2.75, 3.05) is 24.2 Å². The van der Waals surface area contributed by atoms with Crippen molar-refractivity contribution in [1.29, 1.82) is 0 Å². The fourth-order valence-electron chi connectivity index (χ4n) is 3.75. The fraction of sp³-hybridized carbons (Fsp3) is 0.231. The van der Waals surface area contributed by atoms with Gasteiger partial charge in [-0.3, -0.25) is 13.9 Å². The van der Waals surface area contributed by atoms with Crippen molar-refractivity contribution in [1.82, 2.24) is 10.2 Å². The van der Waals surface area contributed by atoms with Crippen LogP contribution in [0.1, 0.15) is 11.1 Å².